The molecule has 1 aliphatic rings. The molecule has 0 aliphatic carbocycles. The van der Waals surface area contributed by atoms with E-state index in [1.54, 1.807) is 18.5 Å². The van der Waals surface area contributed by atoms with Crippen LogP contribution in [0.1, 0.15) is 16.8 Å². The minimum absolute atomic E-state index is 0.00617. The van der Waals surface area contributed by atoms with Crippen molar-refractivity contribution in [2.75, 3.05) is 26.8 Å². The van der Waals surface area contributed by atoms with Gasteiger partial charge in [0.15, 0.2) is 0 Å². The molecule has 0 saturated carbocycles. The maximum Gasteiger partial charge on any atom is 0.251 e. The summed E-state index contributed by atoms with van der Waals surface area (Å²) in [5, 5.41) is 0. The second-order valence-electron chi connectivity index (χ2n) is 5.90. The van der Waals surface area contributed by atoms with E-state index in [-0.39, 0.29) is 18.1 Å². The van der Waals surface area contributed by atoms with Crippen molar-refractivity contribution < 1.29 is 9.53 Å². The number of carbonyl (C=O) groups excluding carboxylic acids is 1. The quantitative estimate of drug-likeness (QED) is 0.836. The lowest BCUT2D eigenvalue weighted by Gasteiger charge is -2.19. The molecule has 0 atom stereocenters. The van der Waals surface area contributed by atoms with Gasteiger partial charge in [0.25, 0.3) is 5.56 Å². The first-order chi connectivity index (χ1) is 11.7. The fraction of sp³-hybridized carbons (Fsp3) is 0.389. The molecule has 0 fully saturated rings. The van der Waals surface area contributed by atoms with Gasteiger partial charge >= 0.3 is 0 Å². The highest BCUT2D eigenvalue weighted by Crippen LogP contribution is 2.16. The van der Waals surface area contributed by atoms with Gasteiger partial charge in [-0.15, -0.1) is 0 Å². The van der Waals surface area contributed by atoms with E-state index in [0.717, 1.165) is 23.2 Å². The van der Waals surface area contributed by atoms with Gasteiger partial charge in [-0.05, 0) is 29.7 Å². The Kier molecular flexibility index (Phi) is 5.05. The molecule has 1 aliphatic heterocycles. The third-order valence-corrected chi connectivity index (χ3v) is 4.37. The molecule has 24 heavy (non-hydrogen) atoms. The Balaban J connectivity index is 1.87. The maximum atomic E-state index is 12.4. The molecule has 3 heterocycles. The lowest BCUT2D eigenvalue weighted by molar-refractivity contribution is -0.135. The van der Waals surface area contributed by atoms with E-state index in [1.807, 2.05) is 27.7 Å². The molecule has 0 N–H and O–H groups in total. The van der Waals surface area contributed by atoms with Crippen LogP contribution in [-0.2, 0) is 28.9 Å². The Morgan fingerprint density at radius 1 is 1.17 bits per heavy atom. The minimum atomic E-state index is -0.0118. The van der Waals surface area contributed by atoms with Crippen LogP contribution in [0.5, 0.6) is 0 Å². The summed E-state index contributed by atoms with van der Waals surface area (Å²) in [7, 11) is 1.52. The zero-order chi connectivity index (χ0) is 16.9. The number of rotatable bonds is 4. The van der Waals surface area contributed by atoms with Gasteiger partial charge in [-0.1, -0.05) is 6.07 Å². The average molecular weight is 327 g/mol. The number of hydrogen-bond acceptors (Lipinski definition) is 4. The fourth-order valence-electron chi connectivity index (χ4n) is 3.10. The van der Waals surface area contributed by atoms with Crippen LogP contribution in [0.2, 0.25) is 0 Å². The van der Waals surface area contributed by atoms with Crippen molar-refractivity contribution in [2.45, 2.75) is 19.4 Å². The molecule has 6 heteroatoms. The highest BCUT2D eigenvalue weighted by atomic mass is 16.5. The summed E-state index contributed by atoms with van der Waals surface area (Å²) in [5.41, 5.74) is 3.18. The van der Waals surface area contributed by atoms with Crippen LogP contribution in [0, 0.1) is 0 Å². The predicted octanol–water partition coefficient (Wildman–Crippen LogP) is 0.865. The van der Waals surface area contributed by atoms with E-state index in [9.17, 15) is 9.59 Å². The molecule has 0 unspecified atom stereocenters. The summed E-state index contributed by atoms with van der Waals surface area (Å²) in [6.07, 6.45) is 4.88. The lowest BCUT2D eigenvalue weighted by atomic mass is 10.1. The Morgan fingerprint density at radius 2 is 1.92 bits per heavy atom. The monoisotopic (exact) mass is 327 g/mol. The van der Waals surface area contributed by atoms with E-state index in [1.165, 1.54) is 7.11 Å². The predicted molar refractivity (Wildman–Crippen MR) is 89.9 cm³/mol. The van der Waals surface area contributed by atoms with Crippen molar-refractivity contribution in [1.29, 1.82) is 0 Å². The molecule has 6 nitrogen and oxygen atoms in total. The van der Waals surface area contributed by atoms with Crippen molar-refractivity contribution in [3.63, 3.8) is 0 Å². The summed E-state index contributed by atoms with van der Waals surface area (Å²) in [4.78, 5) is 30.3. The number of amides is 1. The van der Waals surface area contributed by atoms with E-state index in [4.69, 9.17) is 4.74 Å². The third-order valence-electron chi connectivity index (χ3n) is 4.37. The van der Waals surface area contributed by atoms with Crippen LogP contribution in [0.15, 0.2) is 41.5 Å². The number of carbonyl (C=O) groups is 1. The van der Waals surface area contributed by atoms with Crippen LogP contribution in [0.25, 0.3) is 0 Å². The zero-order valence-electron chi connectivity index (χ0n) is 13.8. The number of nitrogens with zero attached hydrogens (tertiary/aromatic N) is 3. The second-order valence-corrected chi connectivity index (χ2v) is 5.90. The topological polar surface area (TPSA) is 64.4 Å². The Bertz CT molecular complexity index is 771. The third kappa shape index (κ3) is 3.54. The number of aromatic nitrogens is 2. The van der Waals surface area contributed by atoms with Gasteiger partial charge in [0.05, 0.1) is 6.54 Å². The van der Waals surface area contributed by atoms with E-state index in [0.29, 0.717) is 26.1 Å². The number of pyridine rings is 2. The molecule has 2 aromatic heterocycles. The summed E-state index contributed by atoms with van der Waals surface area (Å²) >= 11 is 0. The second kappa shape index (κ2) is 7.40. The Hall–Kier alpha value is -2.47. The van der Waals surface area contributed by atoms with Crippen LogP contribution in [0.4, 0.5) is 0 Å². The smallest absolute Gasteiger partial charge is 0.251 e. The van der Waals surface area contributed by atoms with Crippen molar-refractivity contribution in [1.82, 2.24) is 14.5 Å². The lowest BCUT2D eigenvalue weighted by Crippen LogP contribution is -2.35. The normalized spacial score (nSPS) is 14.1. The minimum Gasteiger partial charge on any atom is -0.375 e. The standard InChI is InChI=1S/C18H21N3O3/c1-24-13-18(23)20-10-6-15-2-3-17(22)21(16(15)7-11-20)12-14-4-8-19-9-5-14/h2-5,8-9H,6-7,10-13H2,1H3. The molecule has 0 spiro atoms. The number of fused-ring (bicyclic) bond motifs is 1. The summed E-state index contributed by atoms with van der Waals surface area (Å²) in [5.74, 6) is -0.00617. The van der Waals surface area contributed by atoms with Crippen LogP contribution >= 0.6 is 0 Å². The first-order valence-corrected chi connectivity index (χ1v) is 8.06. The van der Waals surface area contributed by atoms with E-state index in [2.05, 4.69) is 4.98 Å². The van der Waals surface area contributed by atoms with Gasteiger partial charge in [-0.2, -0.15) is 0 Å². The van der Waals surface area contributed by atoms with Gasteiger partial charge in [-0.3, -0.25) is 14.6 Å². The fourth-order valence-corrected chi connectivity index (χ4v) is 3.10. The maximum absolute atomic E-state index is 12.4. The first kappa shape index (κ1) is 16.4. The van der Waals surface area contributed by atoms with Gasteiger partial charge in [0, 0.05) is 50.8 Å². The molecule has 0 aromatic carbocycles. The van der Waals surface area contributed by atoms with Crippen molar-refractivity contribution in [3.05, 3.63) is 63.8 Å². The van der Waals surface area contributed by atoms with Crippen molar-refractivity contribution in [3.8, 4) is 0 Å². The largest absolute Gasteiger partial charge is 0.375 e. The number of ether oxygens (including phenoxy) is 1. The van der Waals surface area contributed by atoms with E-state index >= 15 is 0 Å². The van der Waals surface area contributed by atoms with E-state index < -0.39 is 0 Å². The zero-order valence-corrected chi connectivity index (χ0v) is 13.8. The molecular formula is C18H21N3O3. The summed E-state index contributed by atoms with van der Waals surface area (Å²) in [6, 6.07) is 7.34. The molecule has 1 amide bonds. The summed E-state index contributed by atoms with van der Waals surface area (Å²) < 4.78 is 6.76. The molecule has 3 rings (SSSR count). The Labute approximate surface area is 140 Å². The van der Waals surface area contributed by atoms with Crippen molar-refractivity contribution in [2.24, 2.45) is 0 Å². The van der Waals surface area contributed by atoms with Gasteiger partial charge in [-0.25, -0.2) is 0 Å². The van der Waals surface area contributed by atoms with Gasteiger partial charge < -0.3 is 14.2 Å². The van der Waals surface area contributed by atoms with Gasteiger partial charge in [0.2, 0.25) is 5.91 Å². The van der Waals surface area contributed by atoms with Crippen LogP contribution in [0.3, 0.4) is 0 Å². The first-order valence-electron chi connectivity index (χ1n) is 8.06. The van der Waals surface area contributed by atoms with Crippen LogP contribution < -0.4 is 5.56 Å². The molecule has 0 radical (unpaired) electrons. The SMILES string of the molecule is COCC(=O)N1CCc2ccc(=O)n(Cc3ccncc3)c2CC1. The molecule has 0 bridgehead atoms. The highest BCUT2D eigenvalue weighted by molar-refractivity contribution is 5.77. The molecule has 126 valence electrons. The molecule has 0 saturated heterocycles. The number of methoxy groups -OCH3 is 1. The molecular weight excluding hydrogens is 306 g/mol. The highest BCUT2D eigenvalue weighted by Gasteiger charge is 2.20. The number of hydrogen-bond donors (Lipinski definition) is 0. The van der Waals surface area contributed by atoms with Gasteiger partial charge in [0.1, 0.15) is 6.61 Å². The summed E-state index contributed by atoms with van der Waals surface area (Å²) in [6.45, 7) is 1.88. The Morgan fingerprint density at radius 3 is 2.67 bits per heavy atom. The van der Waals surface area contributed by atoms with Crippen LogP contribution in [-0.4, -0.2) is 47.2 Å². The average Bonchev–Trinajstić information content (AvgIpc) is 2.81. The van der Waals surface area contributed by atoms with Crippen molar-refractivity contribution >= 4 is 5.91 Å². The molecule has 2 aromatic rings.